The van der Waals surface area contributed by atoms with E-state index in [2.05, 4.69) is 16.3 Å². The van der Waals surface area contributed by atoms with E-state index in [1.165, 1.54) is 10.4 Å². The van der Waals surface area contributed by atoms with Gasteiger partial charge in [0.25, 0.3) is 0 Å². The van der Waals surface area contributed by atoms with Crippen molar-refractivity contribution in [2.75, 3.05) is 19.6 Å². The Morgan fingerprint density at radius 1 is 1.09 bits per heavy atom. The number of hydrogen-bond acceptors (Lipinski definition) is 4. The van der Waals surface area contributed by atoms with Crippen LogP contribution in [0.25, 0.3) is 0 Å². The van der Waals surface area contributed by atoms with Crippen LogP contribution in [0.4, 0.5) is 0 Å². The van der Waals surface area contributed by atoms with Crippen molar-refractivity contribution in [3.05, 3.63) is 52.2 Å². The SMILES string of the molecule is O=S(=O)(c1ccccc1)N1CC(N2CCc3sccc3C2)C1. The summed E-state index contributed by atoms with van der Waals surface area (Å²) in [4.78, 5) is 4.31. The summed E-state index contributed by atoms with van der Waals surface area (Å²) in [5.41, 5.74) is 1.42. The summed E-state index contributed by atoms with van der Waals surface area (Å²) in [5, 5.41) is 2.15. The zero-order valence-electron chi connectivity index (χ0n) is 12.2. The molecule has 2 aliphatic heterocycles. The Labute approximate surface area is 135 Å². The van der Waals surface area contributed by atoms with E-state index in [1.807, 2.05) is 17.4 Å². The molecule has 0 atom stereocenters. The van der Waals surface area contributed by atoms with Crippen LogP contribution in [0.15, 0.2) is 46.7 Å². The van der Waals surface area contributed by atoms with Crippen LogP contribution in [0.3, 0.4) is 0 Å². The van der Waals surface area contributed by atoms with Gasteiger partial charge in [0, 0.05) is 37.1 Å². The average molecular weight is 334 g/mol. The predicted molar refractivity (Wildman–Crippen MR) is 87.4 cm³/mol. The van der Waals surface area contributed by atoms with Crippen LogP contribution in [-0.2, 0) is 23.0 Å². The number of fused-ring (bicyclic) bond motifs is 1. The van der Waals surface area contributed by atoms with E-state index in [-0.39, 0.29) is 0 Å². The molecule has 2 aromatic rings. The van der Waals surface area contributed by atoms with Crippen LogP contribution in [0.5, 0.6) is 0 Å². The zero-order valence-corrected chi connectivity index (χ0v) is 13.8. The summed E-state index contributed by atoms with van der Waals surface area (Å²) in [6.07, 6.45) is 1.09. The van der Waals surface area contributed by atoms with Gasteiger partial charge < -0.3 is 0 Å². The van der Waals surface area contributed by atoms with Crippen LogP contribution in [0, 0.1) is 0 Å². The molecule has 0 radical (unpaired) electrons. The van der Waals surface area contributed by atoms with Crippen molar-refractivity contribution in [2.45, 2.75) is 23.9 Å². The molecule has 6 heteroatoms. The van der Waals surface area contributed by atoms with E-state index in [0.717, 1.165) is 19.5 Å². The van der Waals surface area contributed by atoms with Gasteiger partial charge in [-0.05, 0) is 35.6 Å². The molecule has 4 rings (SSSR count). The van der Waals surface area contributed by atoms with Gasteiger partial charge in [0.2, 0.25) is 10.0 Å². The predicted octanol–water partition coefficient (Wildman–Crippen LogP) is 2.18. The maximum Gasteiger partial charge on any atom is 0.243 e. The topological polar surface area (TPSA) is 40.6 Å². The molecule has 0 bridgehead atoms. The molecule has 3 heterocycles. The Hall–Kier alpha value is -1.21. The molecular weight excluding hydrogens is 316 g/mol. The Morgan fingerprint density at radius 2 is 1.86 bits per heavy atom. The molecule has 1 saturated heterocycles. The summed E-state index contributed by atoms with van der Waals surface area (Å²) in [5.74, 6) is 0. The van der Waals surface area contributed by atoms with E-state index in [1.54, 1.807) is 28.6 Å². The minimum atomic E-state index is -3.31. The van der Waals surface area contributed by atoms with Crippen molar-refractivity contribution < 1.29 is 8.42 Å². The third-order valence-electron chi connectivity index (χ3n) is 4.56. The molecule has 0 N–H and O–H groups in total. The van der Waals surface area contributed by atoms with Gasteiger partial charge in [-0.15, -0.1) is 11.3 Å². The maximum absolute atomic E-state index is 12.5. The molecular formula is C16H18N2O2S2. The number of nitrogens with zero attached hydrogens (tertiary/aromatic N) is 2. The second kappa shape index (κ2) is 5.45. The molecule has 22 heavy (non-hydrogen) atoms. The first kappa shape index (κ1) is 14.4. The Morgan fingerprint density at radius 3 is 2.64 bits per heavy atom. The fourth-order valence-corrected chi connectivity index (χ4v) is 5.59. The van der Waals surface area contributed by atoms with Crippen LogP contribution in [0.2, 0.25) is 0 Å². The molecule has 4 nitrogen and oxygen atoms in total. The zero-order chi connectivity index (χ0) is 15.2. The van der Waals surface area contributed by atoms with Crippen molar-refractivity contribution in [1.82, 2.24) is 9.21 Å². The van der Waals surface area contributed by atoms with Gasteiger partial charge in [-0.25, -0.2) is 8.42 Å². The van der Waals surface area contributed by atoms with Gasteiger partial charge in [0.15, 0.2) is 0 Å². The average Bonchev–Trinajstić information content (AvgIpc) is 2.94. The normalized spacial score (nSPS) is 20.5. The molecule has 2 aliphatic rings. The molecule has 1 fully saturated rings. The van der Waals surface area contributed by atoms with Gasteiger partial charge in [0.05, 0.1) is 4.90 Å². The fraction of sp³-hybridized carbons (Fsp3) is 0.375. The highest BCUT2D eigenvalue weighted by molar-refractivity contribution is 7.89. The standard InChI is InChI=1S/C16H18N2O2S2/c19-22(20,15-4-2-1-3-5-15)18-11-14(12-18)17-8-6-16-13(10-17)7-9-21-16/h1-5,7,9,14H,6,8,10-12H2. The molecule has 116 valence electrons. The van der Waals surface area contributed by atoms with Gasteiger partial charge in [-0.3, -0.25) is 4.90 Å². The third kappa shape index (κ3) is 2.40. The Kier molecular flexibility index (Phi) is 3.57. The summed E-state index contributed by atoms with van der Waals surface area (Å²) >= 11 is 1.83. The van der Waals surface area contributed by atoms with E-state index < -0.39 is 10.0 Å². The molecule has 1 aromatic heterocycles. The first-order chi connectivity index (χ1) is 10.6. The highest BCUT2D eigenvalue weighted by Gasteiger charge is 2.40. The van der Waals surface area contributed by atoms with Crippen LogP contribution >= 0.6 is 11.3 Å². The maximum atomic E-state index is 12.5. The lowest BCUT2D eigenvalue weighted by Gasteiger charge is -2.45. The highest BCUT2D eigenvalue weighted by atomic mass is 32.2. The van der Waals surface area contributed by atoms with E-state index in [4.69, 9.17) is 0 Å². The second-order valence-electron chi connectivity index (χ2n) is 5.88. The third-order valence-corrected chi connectivity index (χ3v) is 7.43. The molecule has 1 aromatic carbocycles. The minimum absolute atomic E-state index is 0.353. The first-order valence-corrected chi connectivity index (χ1v) is 9.81. The molecule has 0 unspecified atom stereocenters. The number of hydrogen-bond donors (Lipinski definition) is 0. The second-order valence-corrected chi connectivity index (χ2v) is 8.82. The van der Waals surface area contributed by atoms with Crippen molar-refractivity contribution >= 4 is 21.4 Å². The molecule has 0 spiro atoms. The molecule has 0 amide bonds. The van der Waals surface area contributed by atoms with Crippen LogP contribution in [-0.4, -0.2) is 43.3 Å². The van der Waals surface area contributed by atoms with Gasteiger partial charge in [-0.1, -0.05) is 18.2 Å². The van der Waals surface area contributed by atoms with Crippen molar-refractivity contribution in [1.29, 1.82) is 0 Å². The monoisotopic (exact) mass is 334 g/mol. The van der Waals surface area contributed by atoms with E-state index >= 15 is 0 Å². The lowest BCUT2D eigenvalue weighted by atomic mass is 10.0. The van der Waals surface area contributed by atoms with E-state index in [0.29, 0.717) is 24.0 Å². The lowest BCUT2D eigenvalue weighted by Crippen LogP contribution is -2.61. The van der Waals surface area contributed by atoms with Crippen molar-refractivity contribution in [3.63, 3.8) is 0 Å². The number of thiophene rings is 1. The summed E-state index contributed by atoms with van der Waals surface area (Å²) < 4.78 is 26.6. The first-order valence-electron chi connectivity index (χ1n) is 7.49. The quantitative estimate of drug-likeness (QED) is 0.864. The minimum Gasteiger partial charge on any atom is -0.293 e. The number of benzene rings is 1. The number of rotatable bonds is 3. The van der Waals surface area contributed by atoms with Gasteiger partial charge in [0.1, 0.15) is 0 Å². The Balaban J connectivity index is 1.43. The van der Waals surface area contributed by atoms with Crippen molar-refractivity contribution in [3.8, 4) is 0 Å². The van der Waals surface area contributed by atoms with Gasteiger partial charge in [-0.2, -0.15) is 4.31 Å². The summed E-state index contributed by atoms with van der Waals surface area (Å²) in [6.45, 7) is 3.22. The van der Waals surface area contributed by atoms with Crippen LogP contribution in [0.1, 0.15) is 10.4 Å². The summed E-state index contributed by atoms with van der Waals surface area (Å²) in [7, 11) is -3.31. The summed E-state index contributed by atoms with van der Waals surface area (Å²) in [6, 6.07) is 11.3. The van der Waals surface area contributed by atoms with Crippen LogP contribution < -0.4 is 0 Å². The van der Waals surface area contributed by atoms with Crippen molar-refractivity contribution in [2.24, 2.45) is 0 Å². The smallest absolute Gasteiger partial charge is 0.243 e. The largest absolute Gasteiger partial charge is 0.293 e. The highest BCUT2D eigenvalue weighted by Crippen LogP contribution is 2.29. The van der Waals surface area contributed by atoms with E-state index in [9.17, 15) is 8.42 Å². The van der Waals surface area contributed by atoms with Gasteiger partial charge >= 0.3 is 0 Å². The lowest BCUT2D eigenvalue weighted by molar-refractivity contribution is 0.0775. The number of sulfonamides is 1. The Bertz CT molecular complexity index is 764. The fourth-order valence-electron chi connectivity index (χ4n) is 3.17. The molecule has 0 saturated carbocycles. The molecule has 0 aliphatic carbocycles.